The summed E-state index contributed by atoms with van der Waals surface area (Å²) < 4.78 is 2.17. The summed E-state index contributed by atoms with van der Waals surface area (Å²) in [4.78, 5) is 6.68. The molecule has 1 aliphatic rings. The van der Waals surface area contributed by atoms with Gasteiger partial charge in [0, 0.05) is 25.5 Å². The lowest BCUT2D eigenvalue weighted by atomic mass is 9.86. The molecule has 102 valence electrons. The molecular weight excluding hydrogens is 226 g/mol. The topological polar surface area (TPSA) is 41.3 Å². The van der Waals surface area contributed by atoms with Gasteiger partial charge in [0.2, 0.25) is 0 Å². The second-order valence-electron chi connectivity index (χ2n) is 5.44. The minimum Gasteiger partial charge on any atom is -0.393 e. The van der Waals surface area contributed by atoms with Gasteiger partial charge in [-0.2, -0.15) is 0 Å². The van der Waals surface area contributed by atoms with Gasteiger partial charge in [0.1, 0.15) is 5.82 Å². The molecule has 2 rings (SSSR count). The molecule has 2 unspecified atom stereocenters. The van der Waals surface area contributed by atoms with Crippen LogP contribution in [0.1, 0.15) is 38.4 Å². The van der Waals surface area contributed by atoms with Crippen molar-refractivity contribution in [3.8, 4) is 0 Å². The number of hydrogen-bond donors (Lipinski definition) is 1. The van der Waals surface area contributed by atoms with Crippen LogP contribution in [-0.4, -0.2) is 39.3 Å². The van der Waals surface area contributed by atoms with Crippen LogP contribution in [0.2, 0.25) is 0 Å². The molecule has 18 heavy (non-hydrogen) atoms. The van der Waals surface area contributed by atoms with Crippen LogP contribution in [0.15, 0.2) is 12.4 Å². The average molecular weight is 251 g/mol. The van der Waals surface area contributed by atoms with Crippen molar-refractivity contribution in [3.63, 3.8) is 0 Å². The zero-order valence-electron chi connectivity index (χ0n) is 11.5. The molecule has 0 aromatic carbocycles. The minimum absolute atomic E-state index is 0.105. The summed E-state index contributed by atoms with van der Waals surface area (Å²) in [6, 6.07) is 0. The first-order chi connectivity index (χ1) is 8.70. The highest BCUT2D eigenvalue weighted by molar-refractivity contribution is 4.92. The zero-order valence-corrected chi connectivity index (χ0v) is 11.5. The van der Waals surface area contributed by atoms with E-state index in [4.69, 9.17) is 0 Å². The third-order valence-corrected chi connectivity index (χ3v) is 3.97. The largest absolute Gasteiger partial charge is 0.393 e. The van der Waals surface area contributed by atoms with Crippen LogP contribution in [0.4, 0.5) is 0 Å². The Labute approximate surface area is 110 Å². The Balaban J connectivity index is 1.86. The number of rotatable bonds is 5. The monoisotopic (exact) mass is 251 g/mol. The molecule has 2 atom stereocenters. The third-order valence-electron chi connectivity index (χ3n) is 3.97. The Morgan fingerprint density at radius 2 is 2.22 bits per heavy atom. The van der Waals surface area contributed by atoms with Crippen molar-refractivity contribution in [3.05, 3.63) is 18.2 Å². The molecule has 0 radical (unpaired) electrons. The van der Waals surface area contributed by atoms with Gasteiger partial charge in [-0.25, -0.2) is 4.98 Å². The molecule has 4 heteroatoms. The summed E-state index contributed by atoms with van der Waals surface area (Å²) in [7, 11) is 2.12. The number of nitrogens with zero attached hydrogens (tertiary/aromatic N) is 3. The normalized spacial score (nSPS) is 24.7. The first-order valence-corrected chi connectivity index (χ1v) is 7.07. The van der Waals surface area contributed by atoms with Crippen LogP contribution >= 0.6 is 0 Å². The van der Waals surface area contributed by atoms with Crippen LogP contribution in [0.5, 0.6) is 0 Å². The minimum atomic E-state index is -0.105. The number of hydrogen-bond acceptors (Lipinski definition) is 3. The lowest BCUT2D eigenvalue weighted by Gasteiger charge is -2.31. The summed E-state index contributed by atoms with van der Waals surface area (Å²) >= 11 is 0. The van der Waals surface area contributed by atoms with E-state index in [1.807, 2.05) is 12.4 Å². The Morgan fingerprint density at radius 1 is 1.44 bits per heavy atom. The lowest BCUT2D eigenvalue weighted by molar-refractivity contribution is 0.0496. The predicted octanol–water partition coefficient (Wildman–Crippen LogP) is 1.89. The van der Waals surface area contributed by atoms with Crippen LogP contribution in [0.25, 0.3) is 0 Å². The van der Waals surface area contributed by atoms with Gasteiger partial charge in [0.25, 0.3) is 0 Å². The van der Waals surface area contributed by atoms with E-state index in [1.165, 1.54) is 12.8 Å². The maximum Gasteiger partial charge on any atom is 0.122 e. The molecule has 0 saturated heterocycles. The van der Waals surface area contributed by atoms with Crippen LogP contribution < -0.4 is 0 Å². The lowest BCUT2D eigenvalue weighted by Crippen LogP contribution is -2.35. The van der Waals surface area contributed by atoms with Crippen molar-refractivity contribution < 1.29 is 5.11 Å². The fourth-order valence-electron chi connectivity index (χ4n) is 2.89. The quantitative estimate of drug-likeness (QED) is 0.869. The van der Waals surface area contributed by atoms with Crippen LogP contribution in [0.3, 0.4) is 0 Å². The maximum atomic E-state index is 10.00. The first-order valence-electron chi connectivity index (χ1n) is 7.07. The Morgan fingerprint density at radius 3 is 2.94 bits per heavy atom. The van der Waals surface area contributed by atoms with Gasteiger partial charge in [0.05, 0.1) is 12.6 Å². The van der Waals surface area contributed by atoms with E-state index in [0.717, 1.165) is 38.3 Å². The van der Waals surface area contributed by atoms with Crippen molar-refractivity contribution in [1.82, 2.24) is 14.5 Å². The number of aliphatic hydroxyl groups is 1. The predicted molar refractivity (Wildman–Crippen MR) is 72.2 cm³/mol. The number of aromatic nitrogens is 2. The molecule has 0 spiro atoms. The van der Waals surface area contributed by atoms with E-state index in [2.05, 4.69) is 28.4 Å². The molecule has 0 amide bonds. The van der Waals surface area contributed by atoms with Crippen LogP contribution in [0, 0.1) is 5.92 Å². The van der Waals surface area contributed by atoms with E-state index >= 15 is 0 Å². The highest BCUT2D eigenvalue weighted by atomic mass is 16.3. The molecule has 1 aliphatic carbocycles. The van der Waals surface area contributed by atoms with Crippen molar-refractivity contribution in [2.24, 2.45) is 5.92 Å². The van der Waals surface area contributed by atoms with Gasteiger partial charge >= 0.3 is 0 Å². The summed E-state index contributed by atoms with van der Waals surface area (Å²) in [5.74, 6) is 1.55. The Bertz CT molecular complexity index is 364. The third kappa shape index (κ3) is 3.33. The molecule has 1 N–H and O–H groups in total. The fourth-order valence-corrected chi connectivity index (χ4v) is 2.89. The summed E-state index contributed by atoms with van der Waals surface area (Å²) in [5.41, 5.74) is 0. The van der Waals surface area contributed by atoms with Gasteiger partial charge in [0.15, 0.2) is 0 Å². The summed E-state index contributed by atoms with van der Waals surface area (Å²) in [6.45, 7) is 4.94. The molecule has 4 nitrogen and oxygen atoms in total. The van der Waals surface area contributed by atoms with E-state index < -0.39 is 0 Å². The van der Waals surface area contributed by atoms with E-state index in [9.17, 15) is 5.11 Å². The van der Waals surface area contributed by atoms with Crippen molar-refractivity contribution in [2.45, 2.75) is 51.8 Å². The number of imidazole rings is 1. The van der Waals surface area contributed by atoms with Gasteiger partial charge in [-0.05, 0) is 32.7 Å². The van der Waals surface area contributed by atoms with Crippen molar-refractivity contribution in [1.29, 1.82) is 0 Å². The molecule has 1 fully saturated rings. The van der Waals surface area contributed by atoms with Gasteiger partial charge in [-0.3, -0.25) is 4.90 Å². The maximum absolute atomic E-state index is 10.00. The highest BCUT2D eigenvalue weighted by Crippen LogP contribution is 2.25. The Kier molecular flexibility index (Phi) is 4.78. The highest BCUT2D eigenvalue weighted by Gasteiger charge is 2.24. The molecular formula is C14H25N3O. The molecule has 1 aromatic heterocycles. The van der Waals surface area contributed by atoms with Gasteiger partial charge in [-0.1, -0.05) is 12.8 Å². The van der Waals surface area contributed by atoms with E-state index in [-0.39, 0.29) is 6.10 Å². The number of aliphatic hydroxyl groups excluding tert-OH is 1. The second kappa shape index (κ2) is 6.34. The number of aryl methyl sites for hydroxylation is 1. The second-order valence-corrected chi connectivity index (χ2v) is 5.44. The molecule has 1 heterocycles. The van der Waals surface area contributed by atoms with E-state index in [1.54, 1.807) is 0 Å². The molecule has 0 aliphatic heterocycles. The van der Waals surface area contributed by atoms with Gasteiger partial charge in [-0.15, -0.1) is 0 Å². The van der Waals surface area contributed by atoms with Crippen molar-refractivity contribution in [2.75, 3.05) is 13.6 Å². The van der Waals surface area contributed by atoms with Crippen LogP contribution in [-0.2, 0) is 13.1 Å². The smallest absolute Gasteiger partial charge is 0.122 e. The summed E-state index contributed by atoms with van der Waals surface area (Å²) in [6.07, 6.45) is 8.37. The Hall–Kier alpha value is -0.870. The first kappa shape index (κ1) is 13.6. The molecule has 1 aromatic rings. The standard InChI is InChI=1S/C14H25N3O/c1-3-17-9-8-15-14(17)11-16(2)10-12-6-4-5-7-13(12)18/h8-9,12-13,18H,3-7,10-11H2,1-2H3. The van der Waals surface area contributed by atoms with Gasteiger partial charge < -0.3 is 9.67 Å². The zero-order chi connectivity index (χ0) is 13.0. The molecule has 0 bridgehead atoms. The summed E-state index contributed by atoms with van der Waals surface area (Å²) in [5, 5.41) is 10.00. The molecule has 1 saturated carbocycles. The van der Waals surface area contributed by atoms with Crippen molar-refractivity contribution >= 4 is 0 Å². The van der Waals surface area contributed by atoms with E-state index in [0.29, 0.717) is 5.92 Å². The fraction of sp³-hybridized carbons (Fsp3) is 0.786. The average Bonchev–Trinajstić information content (AvgIpc) is 2.79. The SMILES string of the molecule is CCn1ccnc1CN(C)CC1CCCCC1O.